The molecule has 2 N–H and O–H groups in total. The number of carbonyl (C=O) groups is 1. The van der Waals surface area contributed by atoms with E-state index in [0.717, 1.165) is 11.3 Å². The number of para-hydroxylation sites is 1. The van der Waals surface area contributed by atoms with Crippen molar-refractivity contribution >= 4 is 5.91 Å². The van der Waals surface area contributed by atoms with Gasteiger partial charge in [-0.3, -0.25) is 4.79 Å². The number of amides is 1. The fourth-order valence-corrected chi connectivity index (χ4v) is 1.83. The third-order valence-electron chi connectivity index (χ3n) is 2.88. The number of rotatable bonds is 7. The van der Waals surface area contributed by atoms with Crippen LogP contribution in [-0.4, -0.2) is 30.3 Å². The van der Waals surface area contributed by atoms with E-state index in [0.29, 0.717) is 12.3 Å². The molecule has 4 nitrogen and oxygen atoms in total. The van der Waals surface area contributed by atoms with E-state index < -0.39 is 6.10 Å². The number of hydrogen-bond donors (Lipinski definition) is 2. The topological polar surface area (TPSA) is 58.6 Å². The van der Waals surface area contributed by atoms with Crippen LogP contribution in [0.1, 0.15) is 38.7 Å². The second kappa shape index (κ2) is 7.79. The van der Waals surface area contributed by atoms with E-state index in [1.54, 1.807) is 0 Å². The van der Waals surface area contributed by atoms with Crippen LogP contribution in [-0.2, 0) is 4.79 Å². The molecule has 0 aliphatic rings. The van der Waals surface area contributed by atoms with E-state index in [-0.39, 0.29) is 19.1 Å². The number of aliphatic hydroxyl groups excluding tert-OH is 1. The molecule has 0 aliphatic carbocycles. The lowest BCUT2D eigenvalue weighted by molar-refractivity contribution is -0.128. The van der Waals surface area contributed by atoms with Gasteiger partial charge >= 0.3 is 0 Å². The van der Waals surface area contributed by atoms with Crippen LogP contribution in [0.15, 0.2) is 24.3 Å². The van der Waals surface area contributed by atoms with Gasteiger partial charge in [0, 0.05) is 6.54 Å². The third-order valence-corrected chi connectivity index (χ3v) is 2.88. The molecular weight excluding hydrogens is 242 g/mol. The fraction of sp³-hybridized carbons (Fsp3) is 0.533. The monoisotopic (exact) mass is 265 g/mol. The normalized spacial score (nSPS) is 12.3. The summed E-state index contributed by atoms with van der Waals surface area (Å²) >= 11 is 0. The average Bonchev–Trinajstić information content (AvgIpc) is 2.42. The van der Waals surface area contributed by atoms with Gasteiger partial charge in [-0.05, 0) is 24.0 Å². The fourth-order valence-electron chi connectivity index (χ4n) is 1.83. The Labute approximate surface area is 114 Å². The lowest BCUT2D eigenvalue weighted by atomic mass is 10.0. The van der Waals surface area contributed by atoms with Gasteiger partial charge in [-0.1, -0.05) is 39.0 Å². The standard InChI is InChI=1S/C15H23NO3/c1-4-13(15(18)16-9-10-17)19-14-8-6-5-7-12(14)11(2)3/h5-8,11,13,17H,4,9-10H2,1-3H3,(H,16,18). The highest BCUT2D eigenvalue weighted by molar-refractivity contribution is 5.81. The summed E-state index contributed by atoms with van der Waals surface area (Å²) < 4.78 is 5.82. The van der Waals surface area contributed by atoms with Crippen LogP contribution < -0.4 is 10.1 Å². The van der Waals surface area contributed by atoms with Crippen LogP contribution in [0.3, 0.4) is 0 Å². The Hall–Kier alpha value is -1.55. The van der Waals surface area contributed by atoms with Crippen molar-refractivity contribution in [3.05, 3.63) is 29.8 Å². The lowest BCUT2D eigenvalue weighted by Crippen LogP contribution is -2.39. The Morgan fingerprint density at radius 1 is 1.37 bits per heavy atom. The van der Waals surface area contributed by atoms with Crippen molar-refractivity contribution in [3.8, 4) is 5.75 Å². The van der Waals surface area contributed by atoms with Gasteiger partial charge in [-0.15, -0.1) is 0 Å². The molecule has 0 fully saturated rings. The summed E-state index contributed by atoms with van der Waals surface area (Å²) in [5.41, 5.74) is 1.09. The molecule has 0 bridgehead atoms. The molecule has 0 radical (unpaired) electrons. The highest BCUT2D eigenvalue weighted by Gasteiger charge is 2.19. The van der Waals surface area contributed by atoms with Gasteiger partial charge in [-0.25, -0.2) is 0 Å². The maximum Gasteiger partial charge on any atom is 0.261 e. The lowest BCUT2D eigenvalue weighted by Gasteiger charge is -2.20. The first-order chi connectivity index (χ1) is 9.10. The minimum absolute atomic E-state index is 0.0647. The molecule has 1 amide bonds. The second-order valence-corrected chi connectivity index (χ2v) is 4.72. The SMILES string of the molecule is CCC(Oc1ccccc1C(C)C)C(=O)NCCO. The van der Waals surface area contributed by atoms with Gasteiger partial charge in [0.2, 0.25) is 0 Å². The van der Waals surface area contributed by atoms with Crippen molar-refractivity contribution in [2.75, 3.05) is 13.2 Å². The van der Waals surface area contributed by atoms with Crippen LogP contribution in [0.4, 0.5) is 0 Å². The van der Waals surface area contributed by atoms with E-state index in [4.69, 9.17) is 9.84 Å². The van der Waals surface area contributed by atoms with Crippen LogP contribution in [0.2, 0.25) is 0 Å². The quantitative estimate of drug-likeness (QED) is 0.793. The highest BCUT2D eigenvalue weighted by Crippen LogP contribution is 2.27. The van der Waals surface area contributed by atoms with E-state index in [2.05, 4.69) is 19.2 Å². The first-order valence-corrected chi connectivity index (χ1v) is 6.74. The smallest absolute Gasteiger partial charge is 0.261 e. The number of hydrogen-bond acceptors (Lipinski definition) is 3. The second-order valence-electron chi connectivity index (χ2n) is 4.72. The first-order valence-electron chi connectivity index (χ1n) is 6.74. The van der Waals surface area contributed by atoms with Gasteiger partial charge in [0.05, 0.1) is 6.61 Å². The molecule has 1 atom stereocenters. The van der Waals surface area contributed by atoms with Gasteiger partial charge in [0.25, 0.3) is 5.91 Å². The number of ether oxygens (including phenoxy) is 1. The first kappa shape index (κ1) is 15.5. The van der Waals surface area contributed by atoms with Crippen LogP contribution in [0.5, 0.6) is 5.75 Å². The Bertz CT molecular complexity index is 404. The van der Waals surface area contributed by atoms with E-state index in [1.807, 2.05) is 31.2 Å². The van der Waals surface area contributed by atoms with Crippen molar-refractivity contribution < 1.29 is 14.6 Å². The summed E-state index contributed by atoms with van der Waals surface area (Å²) in [5, 5.41) is 11.4. The summed E-state index contributed by atoms with van der Waals surface area (Å²) in [6.07, 6.45) is 0.0652. The van der Waals surface area contributed by atoms with Crippen LogP contribution in [0.25, 0.3) is 0 Å². The molecule has 0 aromatic heterocycles. The van der Waals surface area contributed by atoms with Gasteiger partial charge in [-0.2, -0.15) is 0 Å². The van der Waals surface area contributed by atoms with Gasteiger partial charge < -0.3 is 15.2 Å². The van der Waals surface area contributed by atoms with Crippen molar-refractivity contribution in [1.82, 2.24) is 5.32 Å². The molecule has 0 heterocycles. The Balaban J connectivity index is 2.78. The Morgan fingerprint density at radius 2 is 2.05 bits per heavy atom. The summed E-state index contributed by atoms with van der Waals surface area (Å²) in [6, 6.07) is 7.77. The molecule has 0 aliphatic heterocycles. The molecule has 4 heteroatoms. The van der Waals surface area contributed by atoms with E-state index in [1.165, 1.54) is 0 Å². The zero-order chi connectivity index (χ0) is 14.3. The van der Waals surface area contributed by atoms with Gasteiger partial charge in [0.15, 0.2) is 6.10 Å². The maximum atomic E-state index is 11.9. The highest BCUT2D eigenvalue weighted by atomic mass is 16.5. The molecule has 0 saturated carbocycles. The average molecular weight is 265 g/mol. The molecule has 19 heavy (non-hydrogen) atoms. The molecular formula is C15H23NO3. The molecule has 1 rings (SSSR count). The van der Waals surface area contributed by atoms with Crippen molar-refractivity contribution in [1.29, 1.82) is 0 Å². The summed E-state index contributed by atoms with van der Waals surface area (Å²) in [7, 11) is 0. The third kappa shape index (κ3) is 4.56. The summed E-state index contributed by atoms with van der Waals surface area (Å²) in [6.45, 7) is 6.28. The van der Waals surface area contributed by atoms with E-state index >= 15 is 0 Å². The predicted octanol–water partition coefficient (Wildman–Crippen LogP) is 2.08. The number of nitrogens with one attached hydrogen (secondary N) is 1. The molecule has 1 aromatic carbocycles. The number of carbonyl (C=O) groups excluding carboxylic acids is 1. The summed E-state index contributed by atoms with van der Waals surface area (Å²) in [4.78, 5) is 11.9. The molecule has 1 aromatic rings. The van der Waals surface area contributed by atoms with Crippen LogP contribution in [0, 0.1) is 0 Å². The van der Waals surface area contributed by atoms with E-state index in [9.17, 15) is 4.79 Å². The molecule has 0 spiro atoms. The number of benzene rings is 1. The van der Waals surface area contributed by atoms with Crippen molar-refractivity contribution in [2.45, 2.75) is 39.2 Å². The molecule has 106 valence electrons. The van der Waals surface area contributed by atoms with Crippen molar-refractivity contribution in [2.24, 2.45) is 0 Å². The minimum Gasteiger partial charge on any atom is -0.480 e. The molecule has 0 saturated heterocycles. The van der Waals surface area contributed by atoms with Crippen LogP contribution >= 0.6 is 0 Å². The Morgan fingerprint density at radius 3 is 2.63 bits per heavy atom. The largest absolute Gasteiger partial charge is 0.480 e. The zero-order valence-electron chi connectivity index (χ0n) is 11.8. The molecule has 1 unspecified atom stereocenters. The Kier molecular flexibility index (Phi) is 6.36. The van der Waals surface area contributed by atoms with Crippen molar-refractivity contribution in [3.63, 3.8) is 0 Å². The predicted molar refractivity (Wildman–Crippen MR) is 75.3 cm³/mol. The van der Waals surface area contributed by atoms with Gasteiger partial charge in [0.1, 0.15) is 5.75 Å². The summed E-state index contributed by atoms with van der Waals surface area (Å²) in [5.74, 6) is 0.910. The number of aliphatic hydroxyl groups is 1. The zero-order valence-corrected chi connectivity index (χ0v) is 11.8. The maximum absolute atomic E-state index is 11.9. The minimum atomic E-state index is -0.522.